The van der Waals surface area contributed by atoms with Gasteiger partial charge in [-0.05, 0) is 52.1 Å². The average Bonchev–Trinajstić information content (AvgIpc) is 3.36. The molecule has 1 heterocycles. The molecule has 1 saturated carbocycles. The fourth-order valence-electron chi connectivity index (χ4n) is 8.47. The lowest BCUT2D eigenvalue weighted by atomic mass is 9.83. The van der Waals surface area contributed by atoms with Crippen molar-refractivity contribution in [3.05, 3.63) is 228 Å². The van der Waals surface area contributed by atoms with E-state index in [1.807, 2.05) is 176 Å². The summed E-state index contributed by atoms with van der Waals surface area (Å²) >= 11 is 1.74. The van der Waals surface area contributed by atoms with E-state index in [1.54, 1.807) is 11.8 Å². The summed E-state index contributed by atoms with van der Waals surface area (Å²) in [6.07, 6.45) is -4.81. The van der Waals surface area contributed by atoms with Gasteiger partial charge >= 0.3 is 5.97 Å². The van der Waals surface area contributed by atoms with Crippen molar-refractivity contribution in [3.8, 4) is 0 Å². The van der Waals surface area contributed by atoms with Crippen molar-refractivity contribution < 1.29 is 33.2 Å². The molecule has 330 valence electrons. The van der Waals surface area contributed by atoms with Crippen molar-refractivity contribution in [2.75, 3.05) is 11.4 Å². The van der Waals surface area contributed by atoms with Gasteiger partial charge in [-0.15, -0.1) is 0 Å². The molecule has 9 heteroatoms. The quantitative estimate of drug-likeness (QED) is 0.0738. The topological polar surface area (TPSA) is 75.7 Å². The predicted molar refractivity (Wildman–Crippen MR) is 254 cm³/mol. The molecule has 0 spiro atoms. The Hall–Kier alpha value is -6.04. The molecular formula is C56H53NO7S. The van der Waals surface area contributed by atoms with Crippen LogP contribution in [0, 0.1) is 0 Å². The van der Waals surface area contributed by atoms with E-state index in [1.165, 1.54) is 0 Å². The maximum Gasteiger partial charge on any atom is 0.308 e. The van der Waals surface area contributed by atoms with E-state index in [4.69, 9.17) is 28.4 Å². The number of hydrogen-bond donors (Lipinski definition) is 0. The van der Waals surface area contributed by atoms with E-state index < -0.39 is 42.6 Å². The summed E-state index contributed by atoms with van der Waals surface area (Å²) < 4.78 is 41.9. The summed E-state index contributed by atoms with van der Waals surface area (Å²) in [5, 5.41) is 0. The molecule has 1 aliphatic carbocycles. The lowest BCUT2D eigenvalue weighted by molar-refractivity contribution is -0.286. The fourth-order valence-corrected chi connectivity index (χ4v) is 9.57. The zero-order chi connectivity index (χ0) is 44.0. The maximum absolute atomic E-state index is 14.7. The average molecular weight is 884 g/mol. The minimum absolute atomic E-state index is 0.0969. The molecule has 6 atom stereocenters. The molecule has 2 aliphatic rings. The molecule has 0 radical (unpaired) electrons. The van der Waals surface area contributed by atoms with E-state index in [2.05, 4.69) is 29.2 Å². The lowest BCUT2D eigenvalue weighted by Gasteiger charge is -2.49. The molecule has 7 aromatic rings. The number of rotatable bonds is 19. The normalized spacial score (nSPS) is 20.1. The molecule has 0 bridgehead atoms. The maximum atomic E-state index is 14.7. The molecule has 0 saturated heterocycles. The Balaban J connectivity index is 1.10. The van der Waals surface area contributed by atoms with Gasteiger partial charge in [0.05, 0.1) is 50.8 Å². The minimum Gasteiger partial charge on any atom is -0.457 e. The number of nitrogens with zero attached hydrogens (tertiary/aromatic N) is 1. The van der Waals surface area contributed by atoms with Crippen LogP contribution in [0.25, 0.3) is 0 Å². The Morgan fingerprint density at radius 1 is 0.369 bits per heavy atom. The molecule has 0 aromatic heterocycles. The van der Waals surface area contributed by atoms with Crippen molar-refractivity contribution >= 4 is 29.1 Å². The zero-order valence-electron chi connectivity index (χ0n) is 36.2. The van der Waals surface area contributed by atoms with Gasteiger partial charge in [0.15, 0.2) is 6.10 Å². The number of hydrogen-bond acceptors (Lipinski definition) is 9. The summed E-state index contributed by atoms with van der Waals surface area (Å²) in [5.41, 5.74) is 6.99. The SMILES string of the molecule is O=C(CCN1c2ccccc2Sc2ccccc21)OC1[C@@H](OCc2ccccc2)[C@H](OCc2ccccc2)C(OCc2ccccc2)[C@H](OCc2ccccc2)[C@@H]1OCc1ccccc1. The highest BCUT2D eigenvalue weighted by Gasteiger charge is 2.56. The van der Waals surface area contributed by atoms with Crippen LogP contribution in [0.2, 0.25) is 0 Å². The van der Waals surface area contributed by atoms with Crippen LogP contribution in [0.15, 0.2) is 210 Å². The van der Waals surface area contributed by atoms with Crippen LogP contribution in [0.3, 0.4) is 0 Å². The fraction of sp³-hybridized carbons (Fsp3) is 0.232. The summed E-state index contributed by atoms with van der Waals surface area (Å²) in [5.74, 6) is -0.392. The van der Waals surface area contributed by atoms with Crippen molar-refractivity contribution in [3.63, 3.8) is 0 Å². The van der Waals surface area contributed by atoms with Crippen LogP contribution in [0.1, 0.15) is 34.2 Å². The first-order chi connectivity index (χ1) is 32.2. The van der Waals surface area contributed by atoms with Crippen LogP contribution < -0.4 is 4.90 Å². The number of anilines is 2. The van der Waals surface area contributed by atoms with Gasteiger partial charge < -0.3 is 33.3 Å². The second kappa shape index (κ2) is 22.2. The minimum atomic E-state index is -0.968. The standard InChI is InChI=1S/C56H53NO7S/c58-50(34-35-57-46-30-16-18-32-48(46)65-49-33-19-17-31-47(49)57)64-56-54(62-39-44-26-12-4-13-27-44)52(60-37-42-22-8-2-9-23-42)51(59-36-41-20-6-1-7-21-41)53(61-38-43-24-10-3-11-25-43)55(56)63-40-45-28-14-5-15-29-45/h1-33,51-56H,34-40H2/t51?,52-,53+,54-,55-,56?/m0/s1. The number of para-hydroxylation sites is 2. The van der Waals surface area contributed by atoms with Gasteiger partial charge in [-0.25, -0.2) is 0 Å². The van der Waals surface area contributed by atoms with Crippen molar-refractivity contribution in [2.45, 2.75) is 85.9 Å². The van der Waals surface area contributed by atoms with E-state index in [-0.39, 0.29) is 39.5 Å². The first-order valence-electron chi connectivity index (χ1n) is 22.3. The Bertz CT molecular complexity index is 2390. The summed E-state index contributed by atoms with van der Waals surface area (Å²) in [6.45, 7) is 1.66. The van der Waals surface area contributed by atoms with Crippen LogP contribution in [0.4, 0.5) is 11.4 Å². The summed E-state index contributed by atoms with van der Waals surface area (Å²) in [7, 11) is 0. The van der Waals surface area contributed by atoms with Crippen molar-refractivity contribution in [1.29, 1.82) is 0 Å². The zero-order valence-corrected chi connectivity index (χ0v) is 37.0. The predicted octanol–water partition coefficient (Wildman–Crippen LogP) is 11.5. The lowest BCUT2D eigenvalue weighted by Crippen LogP contribution is -2.67. The number of carbonyl (C=O) groups excluding carboxylic acids is 1. The van der Waals surface area contributed by atoms with Gasteiger partial charge in [-0.2, -0.15) is 0 Å². The molecule has 9 rings (SSSR count). The highest BCUT2D eigenvalue weighted by molar-refractivity contribution is 7.99. The van der Waals surface area contributed by atoms with Crippen molar-refractivity contribution in [1.82, 2.24) is 0 Å². The first-order valence-corrected chi connectivity index (χ1v) is 23.1. The molecule has 0 amide bonds. The molecule has 0 N–H and O–H groups in total. The molecule has 65 heavy (non-hydrogen) atoms. The Labute approximate surface area is 386 Å². The number of benzene rings is 7. The smallest absolute Gasteiger partial charge is 0.308 e. The summed E-state index contributed by atoms with van der Waals surface area (Å²) in [6, 6.07) is 66.7. The largest absolute Gasteiger partial charge is 0.457 e. The van der Waals surface area contributed by atoms with Gasteiger partial charge in [0, 0.05) is 16.3 Å². The number of esters is 1. The van der Waals surface area contributed by atoms with E-state index >= 15 is 0 Å². The van der Waals surface area contributed by atoms with Gasteiger partial charge in [0.2, 0.25) is 0 Å². The number of fused-ring (bicyclic) bond motifs is 2. The second-order valence-corrected chi connectivity index (χ2v) is 17.3. The van der Waals surface area contributed by atoms with Gasteiger partial charge in [0.1, 0.15) is 30.5 Å². The summed E-state index contributed by atoms with van der Waals surface area (Å²) in [4.78, 5) is 19.2. The molecule has 8 nitrogen and oxygen atoms in total. The van der Waals surface area contributed by atoms with Crippen molar-refractivity contribution in [2.24, 2.45) is 0 Å². The molecule has 2 unspecified atom stereocenters. The van der Waals surface area contributed by atoms with Crippen LogP contribution >= 0.6 is 11.8 Å². The van der Waals surface area contributed by atoms with Crippen LogP contribution in [-0.2, 0) is 66.3 Å². The van der Waals surface area contributed by atoms with E-state index in [9.17, 15) is 4.79 Å². The molecule has 7 aromatic carbocycles. The van der Waals surface area contributed by atoms with E-state index in [0.29, 0.717) is 6.54 Å². The third-order valence-corrected chi connectivity index (χ3v) is 12.8. The van der Waals surface area contributed by atoms with E-state index in [0.717, 1.165) is 49.0 Å². The van der Waals surface area contributed by atoms with Crippen LogP contribution in [0.5, 0.6) is 0 Å². The molecule has 1 aliphatic heterocycles. The first kappa shape index (κ1) is 44.2. The molecular weight excluding hydrogens is 831 g/mol. The van der Waals surface area contributed by atoms with Gasteiger partial charge in [-0.3, -0.25) is 4.79 Å². The highest BCUT2D eigenvalue weighted by Crippen LogP contribution is 2.48. The third-order valence-electron chi connectivity index (χ3n) is 11.7. The van der Waals surface area contributed by atoms with Gasteiger partial charge in [0.25, 0.3) is 0 Å². The number of carbonyl (C=O) groups is 1. The third kappa shape index (κ3) is 11.4. The monoisotopic (exact) mass is 883 g/mol. The highest BCUT2D eigenvalue weighted by atomic mass is 32.2. The molecule has 1 fully saturated rings. The Morgan fingerprint density at radius 3 is 0.969 bits per heavy atom. The van der Waals surface area contributed by atoms with Crippen LogP contribution in [-0.4, -0.2) is 49.1 Å². The van der Waals surface area contributed by atoms with Gasteiger partial charge in [-0.1, -0.05) is 188 Å². The Kier molecular flexibility index (Phi) is 15.1. The Morgan fingerprint density at radius 2 is 0.646 bits per heavy atom. The second-order valence-electron chi connectivity index (χ2n) is 16.2. The number of ether oxygens (including phenoxy) is 6.